The van der Waals surface area contributed by atoms with Crippen molar-refractivity contribution in [2.75, 3.05) is 0 Å². The molecule has 0 aliphatic carbocycles. The summed E-state index contributed by atoms with van der Waals surface area (Å²) in [6.07, 6.45) is 0.940. The average Bonchev–Trinajstić information content (AvgIpc) is 2.44. The molecule has 0 saturated heterocycles. The molecular formula is C16H14FNO. The summed E-state index contributed by atoms with van der Waals surface area (Å²) < 4.78 is 18.9. The molecule has 0 aliphatic heterocycles. The van der Waals surface area contributed by atoms with Crippen molar-refractivity contribution in [3.63, 3.8) is 0 Å². The van der Waals surface area contributed by atoms with E-state index in [-0.39, 0.29) is 6.61 Å². The van der Waals surface area contributed by atoms with Crippen LogP contribution in [0.2, 0.25) is 0 Å². The SMILES string of the molecule is CCc1cccc(OCc2cc(F)cc(C#N)c2)c1. The number of nitriles is 1. The Kier molecular flexibility index (Phi) is 4.15. The molecule has 96 valence electrons. The van der Waals surface area contributed by atoms with E-state index in [0.29, 0.717) is 11.1 Å². The Bertz CT molecular complexity index is 616. The molecule has 19 heavy (non-hydrogen) atoms. The number of halogens is 1. The summed E-state index contributed by atoms with van der Waals surface area (Å²) in [5.41, 5.74) is 2.15. The van der Waals surface area contributed by atoms with Gasteiger partial charge in [-0.05, 0) is 47.9 Å². The summed E-state index contributed by atoms with van der Waals surface area (Å²) in [6, 6.07) is 13.9. The average molecular weight is 255 g/mol. The number of hydrogen-bond acceptors (Lipinski definition) is 2. The van der Waals surface area contributed by atoms with Crippen LogP contribution in [-0.2, 0) is 13.0 Å². The van der Waals surface area contributed by atoms with E-state index in [2.05, 4.69) is 6.92 Å². The van der Waals surface area contributed by atoms with Crippen molar-refractivity contribution in [2.24, 2.45) is 0 Å². The smallest absolute Gasteiger partial charge is 0.124 e. The molecule has 0 aromatic heterocycles. The first-order chi connectivity index (χ1) is 9.21. The highest BCUT2D eigenvalue weighted by Gasteiger charge is 2.02. The summed E-state index contributed by atoms with van der Waals surface area (Å²) >= 11 is 0. The fourth-order valence-corrected chi connectivity index (χ4v) is 1.82. The number of aryl methyl sites for hydroxylation is 1. The summed E-state index contributed by atoms with van der Waals surface area (Å²) in [4.78, 5) is 0. The normalized spacial score (nSPS) is 9.95. The van der Waals surface area contributed by atoms with Gasteiger partial charge in [-0.15, -0.1) is 0 Å². The molecule has 0 unspecified atom stereocenters. The molecule has 2 nitrogen and oxygen atoms in total. The van der Waals surface area contributed by atoms with Gasteiger partial charge in [-0.3, -0.25) is 0 Å². The Labute approximate surface area is 112 Å². The minimum atomic E-state index is -0.417. The van der Waals surface area contributed by atoms with Crippen LogP contribution in [0.3, 0.4) is 0 Å². The molecule has 0 atom stereocenters. The molecule has 0 amide bonds. The van der Waals surface area contributed by atoms with Crippen LogP contribution in [-0.4, -0.2) is 0 Å². The predicted octanol–water partition coefficient (Wildman–Crippen LogP) is 3.84. The standard InChI is InChI=1S/C16H14FNO/c1-2-12-4-3-5-16(9-12)19-11-14-6-13(10-18)7-15(17)8-14/h3-9H,2,11H2,1H3. The van der Waals surface area contributed by atoms with Crippen LogP contribution in [0.25, 0.3) is 0 Å². The largest absolute Gasteiger partial charge is 0.489 e. The van der Waals surface area contributed by atoms with Crippen LogP contribution in [0, 0.1) is 17.1 Å². The molecular weight excluding hydrogens is 241 g/mol. The zero-order chi connectivity index (χ0) is 13.7. The molecule has 0 N–H and O–H groups in total. The first kappa shape index (κ1) is 13.1. The molecule has 0 radical (unpaired) electrons. The third kappa shape index (κ3) is 3.56. The minimum Gasteiger partial charge on any atom is -0.489 e. The van der Waals surface area contributed by atoms with Crippen molar-refractivity contribution < 1.29 is 9.13 Å². The van der Waals surface area contributed by atoms with Gasteiger partial charge in [-0.25, -0.2) is 4.39 Å². The monoisotopic (exact) mass is 255 g/mol. The molecule has 0 heterocycles. The Morgan fingerprint density at radius 1 is 1.16 bits per heavy atom. The van der Waals surface area contributed by atoms with E-state index in [1.807, 2.05) is 30.3 Å². The molecule has 2 rings (SSSR count). The second kappa shape index (κ2) is 6.01. The summed E-state index contributed by atoms with van der Waals surface area (Å²) in [5.74, 6) is 0.335. The van der Waals surface area contributed by atoms with Crippen molar-refractivity contribution in [3.8, 4) is 11.8 Å². The topological polar surface area (TPSA) is 33.0 Å². The second-order valence-electron chi connectivity index (χ2n) is 4.25. The van der Waals surface area contributed by atoms with E-state index in [4.69, 9.17) is 10.00 Å². The van der Waals surface area contributed by atoms with Gasteiger partial charge in [0.1, 0.15) is 18.2 Å². The maximum Gasteiger partial charge on any atom is 0.124 e. The van der Waals surface area contributed by atoms with Crippen molar-refractivity contribution in [3.05, 3.63) is 65.0 Å². The summed E-state index contributed by atoms with van der Waals surface area (Å²) in [5, 5.41) is 8.78. The number of rotatable bonds is 4. The van der Waals surface area contributed by atoms with Crippen molar-refractivity contribution in [1.82, 2.24) is 0 Å². The van der Waals surface area contributed by atoms with Gasteiger partial charge in [0, 0.05) is 0 Å². The van der Waals surface area contributed by atoms with Crippen LogP contribution in [0.5, 0.6) is 5.75 Å². The highest BCUT2D eigenvalue weighted by Crippen LogP contribution is 2.16. The van der Waals surface area contributed by atoms with Crippen molar-refractivity contribution >= 4 is 0 Å². The molecule has 2 aromatic rings. The van der Waals surface area contributed by atoms with Gasteiger partial charge in [0.15, 0.2) is 0 Å². The molecule has 3 heteroatoms. The number of benzene rings is 2. The van der Waals surface area contributed by atoms with E-state index in [9.17, 15) is 4.39 Å². The van der Waals surface area contributed by atoms with Crippen LogP contribution < -0.4 is 4.74 Å². The predicted molar refractivity (Wildman–Crippen MR) is 71.3 cm³/mol. The molecule has 2 aromatic carbocycles. The van der Waals surface area contributed by atoms with Gasteiger partial charge >= 0.3 is 0 Å². The molecule has 0 bridgehead atoms. The van der Waals surface area contributed by atoms with Crippen molar-refractivity contribution in [1.29, 1.82) is 5.26 Å². The summed E-state index contributed by atoms with van der Waals surface area (Å²) in [6.45, 7) is 2.32. The fraction of sp³-hybridized carbons (Fsp3) is 0.188. The maximum atomic E-state index is 13.3. The van der Waals surface area contributed by atoms with E-state index in [1.54, 1.807) is 6.07 Å². The van der Waals surface area contributed by atoms with Crippen LogP contribution >= 0.6 is 0 Å². The lowest BCUT2D eigenvalue weighted by atomic mass is 10.1. The first-order valence-corrected chi connectivity index (χ1v) is 6.12. The van der Waals surface area contributed by atoms with E-state index < -0.39 is 5.82 Å². The number of hydrogen-bond donors (Lipinski definition) is 0. The third-order valence-corrected chi connectivity index (χ3v) is 2.80. The highest BCUT2D eigenvalue weighted by molar-refractivity contribution is 5.34. The maximum absolute atomic E-state index is 13.3. The Morgan fingerprint density at radius 2 is 2.00 bits per heavy atom. The lowest BCUT2D eigenvalue weighted by molar-refractivity contribution is 0.305. The van der Waals surface area contributed by atoms with Crippen LogP contribution in [0.4, 0.5) is 4.39 Å². The van der Waals surface area contributed by atoms with E-state index >= 15 is 0 Å². The fourth-order valence-electron chi connectivity index (χ4n) is 1.82. The van der Waals surface area contributed by atoms with Crippen LogP contribution in [0.1, 0.15) is 23.6 Å². The minimum absolute atomic E-state index is 0.250. The zero-order valence-electron chi connectivity index (χ0n) is 10.7. The highest BCUT2D eigenvalue weighted by atomic mass is 19.1. The number of nitrogens with zero attached hydrogens (tertiary/aromatic N) is 1. The second-order valence-corrected chi connectivity index (χ2v) is 4.25. The zero-order valence-corrected chi connectivity index (χ0v) is 10.7. The van der Waals surface area contributed by atoms with Gasteiger partial charge < -0.3 is 4.74 Å². The van der Waals surface area contributed by atoms with Gasteiger partial charge in [0.2, 0.25) is 0 Å². The quantitative estimate of drug-likeness (QED) is 0.831. The first-order valence-electron chi connectivity index (χ1n) is 6.12. The van der Waals surface area contributed by atoms with E-state index in [1.165, 1.54) is 17.7 Å². The Morgan fingerprint density at radius 3 is 2.74 bits per heavy atom. The summed E-state index contributed by atoms with van der Waals surface area (Å²) in [7, 11) is 0. The third-order valence-electron chi connectivity index (χ3n) is 2.80. The van der Waals surface area contributed by atoms with Gasteiger partial charge in [0.05, 0.1) is 11.6 Å². The lowest BCUT2D eigenvalue weighted by Gasteiger charge is -2.08. The van der Waals surface area contributed by atoms with Gasteiger partial charge in [0.25, 0.3) is 0 Å². The van der Waals surface area contributed by atoms with Crippen molar-refractivity contribution in [2.45, 2.75) is 20.0 Å². The molecule has 0 fully saturated rings. The van der Waals surface area contributed by atoms with Gasteiger partial charge in [-0.2, -0.15) is 5.26 Å². The Hall–Kier alpha value is -2.34. The number of ether oxygens (including phenoxy) is 1. The Balaban J connectivity index is 2.10. The van der Waals surface area contributed by atoms with Gasteiger partial charge in [-0.1, -0.05) is 19.1 Å². The van der Waals surface area contributed by atoms with E-state index in [0.717, 1.165) is 12.2 Å². The van der Waals surface area contributed by atoms with Crippen LogP contribution in [0.15, 0.2) is 42.5 Å². The molecule has 0 spiro atoms. The lowest BCUT2D eigenvalue weighted by Crippen LogP contribution is -1.97. The molecule has 0 saturated carbocycles. The molecule has 0 aliphatic rings.